The molecule has 0 heterocycles. The molecule has 0 amide bonds. The van der Waals surface area contributed by atoms with Gasteiger partial charge >= 0.3 is 0 Å². The van der Waals surface area contributed by atoms with E-state index in [1.165, 1.54) is 0 Å². The van der Waals surface area contributed by atoms with E-state index in [9.17, 15) is 0 Å². The van der Waals surface area contributed by atoms with E-state index in [1.54, 1.807) is 0 Å². The summed E-state index contributed by atoms with van der Waals surface area (Å²) in [7, 11) is 0. The summed E-state index contributed by atoms with van der Waals surface area (Å²) in [4.78, 5) is 0. The second-order valence-electron chi connectivity index (χ2n) is 3.45. The lowest BCUT2D eigenvalue weighted by Gasteiger charge is -2.38. The van der Waals surface area contributed by atoms with Gasteiger partial charge in [-0.1, -0.05) is 19.9 Å². The van der Waals surface area contributed by atoms with E-state index in [0.717, 1.165) is 25.9 Å². The third-order valence-electron chi connectivity index (χ3n) is 2.87. The molecular weight excluding hydrogens is 176 g/mol. The molecule has 3 heteroatoms. The van der Waals surface area contributed by atoms with E-state index < -0.39 is 0 Å². The van der Waals surface area contributed by atoms with Gasteiger partial charge in [0.25, 0.3) is 0 Å². The third-order valence-corrected chi connectivity index (χ3v) is 2.87. The average molecular weight is 200 g/mol. The lowest BCUT2D eigenvalue weighted by atomic mass is 9.86. The molecule has 0 aromatic carbocycles. The Kier molecular flexibility index (Phi) is 6.79. The van der Waals surface area contributed by atoms with Crippen LogP contribution in [0.5, 0.6) is 0 Å². The van der Waals surface area contributed by atoms with Crippen LogP contribution in [0.2, 0.25) is 0 Å². The summed E-state index contributed by atoms with van der Waals surface area (Å²) >= 11 is 0. The van der Waals surface area contributed by atoms with Gasteiger partial charge in [-0.2, -0.15) is 0 Å². The molecule has 0 aliphatic heterocycles. The highest BCUT2D eigenvalue weighted by Gasteiger charge is 2.34. The van der Waals surface area contributed by atoms with Gasteiger partial charge in [0.2, 0.25) is 0 Å². The first kappa shape index (κ1) is 13.6. The van der Waals surface area contributed by atoms with Gasteiger partial charge in [0.15, 0.2) is 0 Å². The first-order valence-electron chi connectivity index (χ1n) is 5.41. The topological polar surface area (TPSA) is 47.3 Å². The number of ether oxygens (including phenoxy) is 1. The first-order valence-corrected chi connectivity index (χ1v) is 5.41. The van der Waals surface area contributed by atoms with Crippen LogP contribution in [0, 0.1) is 0 Å². The molecule has 1 unspecified atom stereocenters. The van der Waals surface area contributed by atoms with Gasteiger partial charge in [-0.05, 0) is 26.2 Å². The first-order chi connectivity index (χ1) is 6.70. The lowest BCUT2D eigenvalue weighted by Crippen LogP contribution is -2.54. The molecular formula is C11H24N2O. The number of nitrogens with two attached hydrogens (primary N) is 1. The Morgan fingerprint density at radius 1 is 1.43 bits per heavy atom. The van der Waals surface area contributed by atoms with Crippen LogP contribution >= 0.6 is 0 Å². The molecule has 0 aromatic rings. The van der Waals surface area contributed by atoms with Crippen LogP contribution in [-0.2, 0) is 4.74 Å². The predicted octanol–water partition coefficient (Wildman–Crippen LogP) is 1.99. The van der Waals surface area contributed by atoms with Crippen molar-refractivity contribution in [2.75, 3.05) is 6.61 Å². The zero-order valence-corrected chi connectivity index (χ0v) is 9.68. The molecule has 0 fully saturated rings. The standard InChI is InChI=1S/C11H24N2O/c1-5-9-10(13-12)11(6-2,7-3)14-8-4/h5,10,13H,1,6-9,12H2,2-4H3. The zero-order valence-electron chi connectivity index (χ0n) is 9.68. The Morgan fingerprint density at radius 2 is 2.00 bits per heavy atom. The Morgan fingerprint density at radius 3 is 2.29 bits per heavy atom. The predicted molar refractivity (Wildman–Crippen MR) is 60.9 cm³/mol. The Balaban J connectivity index is 4.62. The second kappa shape index (κ2) is 6.98. The molecule has 0 aromatic heterocycles. The Labute approximate surface area is 87.7 Å². The summed E-state index contributed by atoms with van der Waals surface area (Å²) in [5, 5.41) is 0. The van der Waals surface area contributed by atoms with Crippen LogP contribution in [0.25, 0.3) is 0 Å². The van der Waals surface area contributed by atoms with E-state index >= 15 is 0 Å². The van der Waals surface area contributed by atoms with Gasteiger partial charge in [-0.3, -0.25) is 11.3 Å². The van der Waals surface area contributed by atoms with E-state index in [4.69, 9.17) is 10.6 Å². The van der Waals surface area contributed by atoms with Crippen molar-refractivity contribution in [1.82, 2.24) is 5.43 Å². The molecule has 0 aliphatic rings. The van der Waals surface area contributed by atoms with Gasteiger partial charge in [-0.25, -0.2) is 0 Å². The second-order valence-corrected chi connectivity index (χ2v) is 3.45. The zero-order chi connectivity index (χ0) is 11.0. The smallest absolute Gasteiger partial charge is 0.0845 e. The van der Waals surface area contributed by atoms with Crippen LogP contribution in [0.4, 0.5) is 0 Å². The normalized spacial score (nSPS) is 14.0. The fourth-order valence-corrected chi connectivity index (χ4v) is 1.94. The van der Waals surface area contributed by atoms with Gasteiger partial charge < -0.3 is 4.74 Å². The molecule has 3 nitrogen and oxygen atoms in total. The highest BCUT2D eigenvalue weighted by atomic mass is 16.5. The summed E-state index contributed by atoms with van der Waals surface area (Å²) in [5.74, 6) is 5.55. The Hall–Kier alpha value is -0.380. The van der Waals surface area contributed by atoms with E-state index in [-0.39, 0.29) is 11.6 Å². The number of hydrogen-bond acceptors (Lipinski definition) is 3. The minimum Gasteiger partial charge on any atom is -0.374 e. The summed E-state index contributed by atoms with van der Waals surface area (Å²) in [6.07, 6.45) is 4.63. The number of hydrogen-bond donors (Lipinski definition) is 2. The van der Waals surface area contributed by atoms with E-state index in [0.29, 0.717) is 0 Å². The van der Waals surface area contributed by atoms with E-state index in [2.05, 4.69) is 25.9 Å². The van der Waals surface area contributed by atoms with Crippen LogP contribution in [-0.4, -0.2) is 18.2 Å². The molecule has 3 N–H and O–H groups in total. The van der Waals surface area contributed by atoms with Crippen molar-refractivity contribution in [3.63, 3.8) is 0 Å². The third kappa shape index (κ3) is 3.08. The maximum atomic E-state index is 5.84. The van der Waals surface area contributed by atoms with Crippen LogP contribution in [0.15, 0.2) is 12.7 Å². The van der Waals surface area contributed by atoms with Crippen molar-refractivity contribution in [3.8, 4) is 0 Å². The molecule has 0 rings (SSSR count). The quantitative estimate of drug-likeness (QED) is 0.358. The van der Waals surface area contributed by atoms with Gasteiger partial charge in [0, 0.05) is 6.61 Å². The fourth-order valence-electron chi connectivity index (χ4n) is 1.94. The van der Waals surface area contributed by atoms with Crippen molar-refractivity contribution >= 4 is 0 Å². The molecule has 0 radical (unpaired) electrons. The molecule has 84 valence electrons. The number of hydrazine groups is 1. The maximum Gasteiger partial charge on any atom is 0.0845 e. The van der Waals surface area contributed by atoms with Crippen LogP contribution < -0.4 is 11.3 Å². The van der Waals surface area contributed by atoms with Crippen molar-refractivity contribution < 1.29 is 4.74 Å². The molecule has 0 spiro atoms. The molecule has 0 saturated carbocycles. The summed E-state index contributed by atoms with van der Waals surface area (Å²) in [5.41, 5.74) is 2.68. The number of rotatable bonds is 8. The monoisotopic (exact) mass is 200 g/mol. The summed E-state index contributed by atoms with van der Waals surface area (Å²) in [6, 6.07) is 0.148. The van der Waals surface area contributed by atoms with Crippen molar-refractivity contribution in [2.24, 2.45) is 5.84 Å². The summed E-state index contributed by atoms with van der Waals surface area (Å²) in [6.45, 7) is 10.7. The minimum atomic E-state index is -0.155. The molecule has 0 aliphatic carbocycles. The van der Waals surface area contributed by atoms with Crippen molar-refractivity contribution in [3.05, 3.63) is 12.7 Å². The maximum absolute atomic E-state index is 5.84. The molecule has 0 bridgehead atoms. The van der Waals surface area contributed by atoms with Gasteiger partial charge in [-0.15, -0.1) is 6.58 Å². The minimum absolute atomic E-state index is 0.148. The van der Waals surface area contributed by atoms with Gasteiger partial charge in [0.1, 0.15) is 0 Å². The van der Waals surface area contributed by atoms with Crippen LogP contribution in [0.3, 0.4) is 0 Å². The number of nitrogens with one attached hydrogen (secondary N) is 1. The molecule has 1 atom stereocenters. The molecule has 14 heavy (non-hydrogen) atoms. The highest BCUT2D eigenvalue weighted by Crippen LogP contribution is 2.26. The lowest BCUT2D eigenvalue weighted by molar-refractivity contribution is -0.0713. The largest absolute Gasteiger partial charge is 0.374 e. The van der Waals surface area contributed by atoms with Crippen LogP contribution in [0.1, 0.15) is 40.0 Å². The van der Waals surface area contributed by atoms with E-state index in [1.807, 2.05) is 13.0 Å². The average Bonchev–Trinajstić information content (AvgIpc) is 2.23. The Bertz CT molecular complexity index is 155. The summed E-state index contributed by atoms with van der Waals surface area (Å²) < 4.78 is 5.84. The molecule has 0 saturated heterocycles. The SMILES string of the molecule is C=CCC(NN)C(CC)(CC)OCC. The highest BCUT2D eigenvalue weighted by molar-refractivity contribution is 4.94. The van der Waals surface area contributed by atoms with Crippen molar-refractivity contribution in [2.45, 2.75) is 51.7 Å². The van der Waals surface area contributed by atoms with Gasteiger partial charge in [0.05, 0.1) is 11.6 Å². The van der Waals surface area contributed by atoms with Crippen molar-refractivity contribution in [1.29, 1.82) is 0 Å². The fraction of sp³-hybridized carbons (Fsp3) is 0.818.